The van der Waals surface area contributed by atoms with E-state index in [1.54, 1.807) is 4.90 Å². The molecule has 0 bridgehead atoms. The van der Waals surface area contributed by atoms with Gasteiger partial charge in [0.25, 0.3) is 0 Å². The number of hydrogen-bond donors (Lipinski definition) is 0. The summed E-state index contributed by atoms with van der Waals surface area (Å²) in [4.78, 5) is 12.6. The molecular weight excluding hydrogens is 290 g/mol. The molecule has 0 aromatic heterocycles. The van der Waals surface area contributed by atoms with Crippen molar-refractivity contribution in [3.63, 3.8) is 0 Å². The number of halogens is 1. The normalized spacial score (nSPS) is 10.1. The van der Waals surface area contributed by atoms with E-state index in [9.17, 15) is 4.79 Å². The molecule has 2 rings (SSSR count). The van der Waals surface area contributed by atoms with E-state index in [0.29, 0.717) is 13.1 Å². The average Bonchev–Trinajstić information content (AvgIpc) is 2.41. The molecule has 18 heavy (non-hydrogen) atoms. The van der Waals surface area contributed by atoms with Crippen molar-refractivity contribution in [1.82, 2.24) is 4.90 Å². The van der Waals surface area contributed by atoms with Gasteiger partial charge in [0.15, 0.2) is 0 Å². The summed E-state index contributed by atoms with van der Waals surface area (Å²) in [6, 6.07) is 17.8. The predicted octanol–water partition coefficient (Wildman–Crippen LogP) is 3.52. The van der Waals surface area contributed by atoms with Crippen LogP contribution in [0, 0.1) is 0 Å². The summed E-state index contributed by atoms with van der Waals surface area (Å²) in [5.74, 6) is 0. The summed E-state index contributed by atoms with van der Waals surface area (Å²) in [5.41, 5.74) is 2.18. The minimum atomic E-state index is 0.555. The topological polar surface area (TPSA) is 20.3 Å². The van der Waals surface area contributed by atoms with Gasteiger partial charge in [0.05, 0.1) is 0 Å². The molecule has 2 aromatic rings. The van der Waals surface area contributed by atoms with Gasteiger partial charge in [-0.3, -0.25) is 4.79 Å². The van der Waals surface area contributed by atoms with Crippen molar-refractivity contribution in [2.24, 2.45) is 0 Å². The molecule has 3 heteroatoms. The minimum Gasteiger partial charge on any atom is -0.326 e. The van der Waals surface area contributed by atoms with Crippen LogP contribution in [0.1, 0.15) is 11.1 Å². The van der Waals surface area contributed by atoms with Crippen LogP contribution < -0.4 is 0 Å². The van der Waals surface area contributed by atoms with Gasteiger partial charge in [-0.1, -0.05) is 64.5 Å². The third-order valence-electron chi connectivity index (χ3n) is 2.66. The third kappa shape index (κ3) is 3.44. The Kier molecular flexibility index (Phi) is 4.53. The van der Waals surface area contributed by atoms with E-state index in [0.717, 1.165) is 15.6 Å². The summed E-state index contributed by atoms with van der Waals surface area (Å²) >= 11 is 3.48. The Bertz CT molecular complexity index is 513. The first-order valence-corrected chi connectivity index (χ1v) is 6.49. The zero-order valence-electron chi connectivity index (χ0n) is 9.84. The molecule has 0 spiro atoms. The van der Waals surface area contributed by atoms with Crippen LogP contribution in [0.5, 0.6) is 0 Å². The maximum Gasteiger partial charge on any atom is 0.312 e. The lowest BCUT2D eigenvalue weighted by Crippen LogP contribution is -2.20. The summed E-state index contributed by atoms with van der Waals surface area (Å²) in [6.07, 6.45) is 1.99. The van der Waals surface area contributed by atoms with Gasteiger partial charge in [0, 0.05) is 17.6 Å². The fraction of sp³-hybridized carbons (Fsp3) is 0.133. The fourth-order valence-corrected chi connectivity index (χ4v) is 2.17. The standard InChI is InChI=1S/C15H13BrNO/c16-15-9-5-4-8-14(15)11-17(12-18)10-13-6-2-1-3-7-13/h1-9H,10-11H2. The molecule has 0 aliphatic carbocycles. The molecule has 0 aliphatic rings. The summed E-state index contributed by atoms with van der Waals surface area (Å²) in [7, 11) is 0. The molecule has 1 amide bonds. The van der Waals surface area contributed by atoms with E-state index < -0.39 is 0 Å². The van der Waals surface area contributed by atoms with Crippen molar-refractivity contribution in [3.8, 4) is 0 Å². The second-order valence-electron chi connectivity index (χ2n) is 4.02. The van der Waals surface area contributed by atoms with E-state index in [1.807, 2.05) is 61.0 Å². The monoisotopic (exact) mass is 302 g/mol. The van der Waals surface area contributed by atoms with E-state index in [1.165, 1.54) is 0 Å². The van der Waals surface area contributed by atoms with E-state index in [4.69, 9.17) is 0 Å². The molecular formula is C15H13BrNO. The lowest BCUT2D eigenvalue weighted by molar-refractivity contribution is 0.367. The van der Waals surface area contributed by atoms with Crippen molar-refractivity contribution in [3.05, 3.63) is 70.2 Å². The Morgan fingerprint density at radius 2 is 1.61 bits per heavy atom. The molecule has 0 saturated carbocycles. The van der Waals surface area contributed by atoms with Crippen molar-refractivity contribution in [2.45, 2.75) is 13.1 Å². The summed E-state index contributed by atoms with van der Waals surface area (Å²) in [5, 5.41) is 0. The Balaban J connectivity index is 2.07. The SMILES string of the molecule is O=[C]N(Cc1ccccc1)Cc1ccccc1Br. The van der Waals surface area contributed by atoms with Crippen LogP contribution in [-0.2, 0) is 17.9 Å². The molecule has 0 N–H and O–H groups in total. The van der Waals surface area contributed by atoms with Gasteiger partial charge in [0.2, 0.25) is 0 Å². The number of hydrogen-bond acceptors (Lipinski definition) is 1. The molecule has 0 aliphatic heterocycles. The zero-order valence-corrected chi connectivity index (χ0v) is 11.4. The highest BCUT2D eigenvalue weighted by Gasteiger charge is 2.07. The molecule has 0 fully saturated rings. The van der Waals surface area contributed by atoms with Crippen LogP contribution in [-0.4, -0.2) is 11.3 Å². The number of rotatable bonds is 5. The molecule has 0 heterocycles. The smallest absolute Gasteiger partial charge is 0.312 e. The maximum atomic E-state index is 11.0. The van der Waals surface area contributed by atoms with Crippen molar-refractivity contribution < 1.29 is 4.79 Å². The Hall–Kier alpha value is -1.61. The Labute approximate surface area is 115 Å². The van der Waals surface area contributed by atoms with E-state index >= 15 is 0 Å². The lowest BCUT2D eigenvalue weighted by atomic mass is 10.2. The van der Waals surface area contributed by atoms with Gasteiger partial charge < -0.3 is 4.90 Å². The molecule has 0 saturated heterocycles. The van der Waals surface area contributed by atoms with Gasteiger partial charge in [0.1, 0.15) is 0 Å². The van der Waals surface area contributed by atoms with Crippen LogP contribution in [0.15, 0.2) is 59.1 Å². The first-order chi connectivity index (χ1) is 8.79. The summed E-state index contributed by atoms with van der Waals surface area (Å²) < 4.78 is 1.01. The van der Waals surface area contributed by atoms with Crippen molar-refractivity contribution in [1.29, 1.82) is 0 Å². The predicted molar refractivity (Wildman–Crippen MR) is 75.5 cm³/mol. The Morgan fingerprint density at radius 3 is 2.28 bits per heavy atom. The number of nitrogens with zero attached hydrogens (tertiary/aromatic N) is 1. The van der Waals surface area contributed by atoms with Gasteiger partial charge >= 0.3 is 6.41 Å². The number of amides is 1. The quantitative estimate of drug-likeness (QED) is 0.774. The van der Waals surface area contributed by atoms with Crippen LogP contribution in [0.25, 0.3) is 0 Å². The van der Waals surface area contributed by atoms with E-state index in [-0.39, 0.29) is 0 Å². The number of benzene rings is 2. The van der Waals surface area contributed by atoms with Gasteiger partial charge in [-0.05, 0) is 17.2 Å². The molecule has 1 radical (unpaired) electrons. The highest BCUT2D eigenvalue weighted by molar-refractivity contribution is 9.10. The second kappa shape index (κ2) is 6.36. The highest BCUT2D eigenvalue weighted by Crippen LogP contribution is 2.18. The molecule has 2 aromatic carbocycles. The van der Waals surface area contributed by atoms with Crippen LogP contribution >= 0.6 is 15.9 Å². The zero-order chi connectivity index (χ0) is 12.8. The van der Waals surface area contributed by atoms with Gasteiger partial charge in [-0.15, -0.1) is 0 Å². The van der Waals surface area contributed by atoms with Crippen molar-refractivity contribution >= 4 is 22.3 Å². The van der Waals surface area contributed by atoms with Crippen LogP contribution in [0.3, 0.4) is 0 Å². The first kappa shape index (κ1) is 12.8. The molecule has 0 atom stereocenters. The van der Waals surface area contributed by atoms with Gasteiger partial charge in [-0.2, -0.15) is 0 Å². The van der Waals surface area contributed by atoms with Crippen molar-refractivity contribution in [2.75, 3.05) is 0 Å². The molecule has 0 unspecified atom stereocenters. The second-order valence-corrected chi connectivity index (χ2v) is 4.88. The van der Waals surface area contributed by atoms with Crippen LogP contribution in [0.4, 0.5) is 0 Å². The Morgan fingerprint density at radius 1 is 0.944 bits per heavy atom. The minimum absolute atomic E-state index is 0.555. The average molecular weight is 303 g/mol. The van der Waals surface area contributed by atoms with E-state index in [2.05, 4.69) is 15.9 Å². The van der Waals surface area contributed by atoms with Crippen LogP contribution in [0.2, 0.25) is 0 Å². The fourth-order valence-electron chi connectivity index (χ4n) is 1.76. The first-order valence-electron chi connectivity index (χ1n) is 5.69. The molecule has 91 valence electrons. The largest absolute Gasteiger partial charge is 0.326 e. The molecule has 2 nitrogen and oxygen atoms in total. The highest BCUT2D eigenvalue weighted by atomic mass is 79.9. The number of carbonyl (C=O) groups excluding carboxylic acids is 1. The maximum absolute atomic E-state index is 11.0. The lowest BCUT2D eigenvalue weighted by Gasteiger charge is -2.17. The van der Waals surface area contributed by atoms with Gasteiger partial charge in [-0.25, -0.2) is 0 Å². The third-order valence-corrected chi connectivity index (χ3v) is 3.44. The summed E-state index contributed by atoms with van der Waals surface area (Å²) in [6.45, 7) is 1.13.